The molecule has 1 atom stereocenters. The second kappa shape index (κ2) is 11.0. The Kier molecular flexibility index (Phi) is 7.65. The third-order valence-corrected chi connectivity index (χ3v) is 6.05. The Labute approximate surface area is 204 Å². The van der Waals surface area contributed by atoms with Crippen LogP contribution in [0.15, 0.2) is 66.7 Å². The van der Waals surface area contributed by atoms with Crippen LogP contribution >= 0.6 is 0 Å². The molecule has 0 fully saturated rings. The first-order valence-corrected chi connectivity index (χ1v) is 11.7. The van der Waals surface area contributed by atoms with Gasteiger partial charge in [-0.05, 0) is 60.4 Å². The number of carbonyl (C=O) groups excluding carboxylic acids is 2. The van der Waals surface area contributed by atoms with E-state index in [1.54, 1.807) is 36.3 Å². The molecule has 1 aliphatic heterocycles. The summed E-state index contributed by atoms with van der Waals surface area (Å²) < 4.78 is 24.6. The van der Waals surface area contributed by atoms with Crippen LogP contribution in [0.3, 0.4) is 0 Å². The topological polar surface area (TPSA) is 67.9 Å². The molecule has 0 radical (unpaired) electrons. The third kappa shape index (κ3) is 5.98. The van der Waals surface area contributed by atoms with E-state index in [0.717, 1.165) is 22.4 Å². The number of carbonyl (C=O) groups is 2. The van der Waals surface area contributed by atoms with Gasteiger partial charge in [0.05, 0.1) is 13.5 Å². The minimum Gasteiger partial charge on any atom is -0.496 e. The number of nitrogens with one attached hydrogen (secondary N) is 1. The summed E-state index contributed by atoms with van der Waals surface area (Å²) in [6.45, 7) is 2.82. The van der Waals surface area contributed by atoms with E-state index in [1.807, 2.05) is 37.3 Å². The smallest absolute Gasteiger partial charge is 0.263 e. The second-order valence-corrected chi connectivity index (χ2v) is 8.51. The van der Waals surface area contributed by atoms with Crippen LogP contribution in [-0.4, -0.2) is 36.5 Å². The van der Waals surface area contributed by atoms with Crippen molar-refractivity contribution in [2.24, 2.45) is 0 Å². The molecule has 0 saturated heterocycles. The van der Waals surface area contributed by atoms with Crippen molar-refractivity contribution < 1.29 is 23.5 Å². The first-order chi connectivity index (χ1) is 17.0. The summed E-state index contributed by atoms with van der Waals surface area (Å²) in [6, 6.07) is 19.0. The Hall–Kier alpha value is -3.87. The molecule has 3 aromatic rings. The summed E-state index contributed by atoms with van der Waals surface area (Å²) >= 11 is 0. The van der Waals surface area contributed by atoms with Crippen LogP contribution in [0.4, 0.5) is 10.1 Å². The zero-order valence-electron chi connectivity index (χ0n) is 19.9. The van der Waals surface area contributed by atoms with Gasteiger partial charge in [0.15, 0.2) is 6.10 Å². The molecular weight excluding hydrogens is 447 g/mol. The van der Waals surface area contributed by atoms with E-state index >= 15 is 0 Å². The van der Waals surface area contributed by atoms with Crippen LogP contribution in [0, 0.1) is 5.82 Å². The molecule has 7 heteroatoms. The molecule has 2 amide bonds. The molecule has 1 unspecified atom stereocenters. The average molecular weight is 477 g/mol. The van der Waals surface area contributed by atoms with Crippen LogP contribution < -0.4 is 14.8 Å². The number of rotatable bonds is 8. The molecule has 1 aliphatic rings. The maximum absolute atomic E-state index is 13.2. The monoisotopic (exact) mass is 476 g/mol. The van der Waals surface area contributed by atoms with E-state index in [-0.39, 0.29) is 24.1 Å². The lowest BCUT2D eigenvalue weighted by Crippen LogP contribution is -2.40. The lowest BCUT2D eigenvalue weighted by Gasteiger charge is -2.23. The number of methoxy groups -OCH3 is 1. The van der Waals surface area contributed by atoms with Gasteiger partial charge in [-0.3, -0.25) is 9.59 Å². The molecular formula is C28H29FN2O4. The first kappa shape index (κ1) is 24.3. The van der Waals surface area contributed by atoms with Crippen molar-refractivity contribution in [2.45, 2.75) is 38.8 Å². The van der Waals surface area contributed by atoms with Crippen LogP contribution in [0.2, 0.25) is 0 Å². The lowest BCUT2D eigenvalue weighted by atomic mass is 10.1. The molecule has 6 nitrogen and oxygen atoms in total. The number of benzene rings is 3. The molecule has 1 heterocycles. The quantitative estimate of drug-likeness (QED) is 0.509. The molecule has 3 aromatic carbocycles. The van der Waals surface area contributed by atoms with E-state index in [0.29, 0.717) is 37.4 Å². The fourth-order valence-electron chi connectivity index (χ4n) is 4.19. The van der Waals surface area contributed by atoms with Gasteiger partial charge in [0.2, 0.25) is 5.91 Å². The third-order valence-electron chi connectivity index (χ3n) is 6.05. The van der Waals surface area contributed by atoms with Crippen LogP contribution in [0.5, 0.6) is 11.5 Å². The summed E-state index contributed by atoms with van der Waals surface area (Å²) in [5.74, 6) is 0.836. The van der Waals surface area contributed by atoms with Gasteiger partial charge < -0.3 is 19.7 Å². The van der Waals surface area contributed by atoms with E-state index < -0.39 is 6.10 Å². The maximum Gasteiger partial charge on any atom is 0.263 e. The highest BCUT2D eigenvalue weighted by Gasteiger charge is 2.30. The standard InChI is InChI=1S/C28H29FN2O4/c1-3-24-28(33)31(15-14-20-6-4-5-7-25(20)34-2)18-21-17-23(12-13-26(21)35-24)30-27(32)16-19-8-10-22(29)11-9-19/h4-13,17,24H,3,14-16,18H2,1-2H3,(H,30,32). The van der Waals surface area contributed by atoms with Gasteiger partial charge in [-0.15, -0.1) is 0 Å². The highest BCUT2D eigenvalue weighted by Crippen LogP contribution is 2.30. The van der Waals surface area contributed by atoms with Crippen molar-refractivity contribution in [2.75, 3.05) is 19.0 Å². The zero-order chi connectivity index (χ0) is 24.8. The predicted molar refractivity (Wildman–Crippen MR) is 132 cm³/mol. The molecule has 182 valence electrons. The first-order valence-electron chi connectivity index (χ1n) is 11.7. The van der Waals surface area contributed by atoms with Crippen LogP contribution in [-0.2, 0) is 29.0 Å². The number of amides is 2. The average Bonchev–Trinajstić information content (AvgIpc) is 3.00. The number of para-hydroxylation sites is 1. The fourth-order valence-corrected chi connectivity index (χ4v) is 4.19. The summed E-state index contributed by atoms with van der Waals surface area (Å²) in [7, 11) is 1.64. The molecule has 0 aromatic heterocycles. The van der Waals surface area contributed by atoms with E-state index in [4.69, 9.17) is 9.47 Å². The van der Waals surface area contributed by atoms with Gasteiger partial charge in [-0.25, -0.2) is 4.39 Å². The Balaban J connectivity index is 1.49. The number of hydrogen-bond acceptors (Lipinski definition) is 4. The number of nitrogens with zero attached hydrogens (tertiary/aromatic N) is 1. The molecule has 0 bridgehead atoms. The molecule has 1 N–H and O–H groups in total. The lowest BCUT2D eigenvalue weighted by molar-refractivity contribution is -0.138. The maximum atomic E-state index is 13.2. The van der Waals surface area contributed by atoms with E-state index in [9.17, 15) is 14.0 Å². The SMILES string of the molecule is CCC1Oc2ccc(NC(=O)Cc3ccc(F)cc3)cc2CN(CCc2ccccc2OC)C1=O. The number of hydrogen-bond donors (Lipinski definition) is 1. The number of fused-ring (bicyclic) bond motifs is 1. The van der Waals surface area contributed by atoms with Crippen molar-refractivity contribution in [1.82, 2.24) is 4.90 Å². The second-order valence-electron chi connectivity index (χ2n) is 8.51. The summed E-state index contributed by atoms with van der Waals surface area (Å²) in [6.07, 6.45) is 0.776. The van der Waals surface area contributed by atoms with E-state index in [2.05, 4.69) is 5.32 Å². The molecule has 35 heavy (non-hydrogen) atoms. The Bertz CT molecular complexity index is 1200. The highest BCUT2D eigenvalue weighted by molar-refractivity contribution is 5.92. The highest BCUT2D eigenvalue weighted by atomic mass is 19.1. The van der Waals surface area contributed by atoms with Gasteiger partial charge in [0.1, 0.15) is 17.3 Å². The number of halogens is 1. The fraction of sp³-hybridized carbons (Fsp3) is 0.286. The summed E-state index contributed by atoms with van der Waals surface area (Å²) in [5.41, 5.74) is 3.20. The van der Waals surface area contributed by atoms with Crippen molar-refractivity contribution >= 4 is 17.5 Å². The van der Waals surface area contributed by atoms with Crippen molar-refractivity contribution in [3.05, 3.63) is 89.2 Å². The van der Waals surface area contributed by atoms with Crippen molar-refractivity contribution in [3.8, 4) is 11.5 Å². The zero-order valence-corrected chi connectivity index (χ0v) is 19.9. The van der Waals surface area contributed by atoms with Gasteiger partial charge in [0, 0.05) is 24.3 Å². The van der Waals surface area contributed by atoms with E-state index in [1.165, 1.54) is 12.1 Å². The predicted octanol–water partition coefficient (Wildman–Crippen LogP) is 4.76. The number of anilines is 1. The van der Waals surface area contributed by atoms with Crippen molar-refractivity contribution in [1.29, 1.82) is 0 Å². The summed E-state index contributed by atoms with van der Waals surface area (Å²) in [5, 5.41) is 2.89. The molecule has 0 spiro atoms. The van der Waals surface area contributed by atoms with Gasteiger partial charge in [-0.1, -0.05) is 37.3 Å². The van der Waals surface area contributed by atoms with Crippen LogP contribution in [0.1, 0.15) is 30.0 Å². The Morgan fingerprint density at radius 1 is 1.14 bits per heavy atom. The number of ether oxygens (including phenoxy) is 2. The minimum atomic E-state index is -0.562. The molecule has 0 aliphatic carbocycles. The van der Waals surface area contributed by atoms with Gasteiger partial charge in [0.25, 0.3) is 5.91 Å². The van der Waals surface area contributed by atoms with Crippen LogP contribution in [0.25, 0.3) is 0 Å². The normalized spacial score (nSPS) is 15.1. The van der Waals surface area contributed by atoms with Gasteiger partial charge in [-0.2, -0.15) is 0 Å². The largest absolute Gasteiger partial charge is 0.496 e. The molecule has 0 saturated carbocycles. The van der Waals surface area contributed by atoms with Crippen molar-refractivity contribution in [3.63, 3.8) is 0 Å². The van der Waals surface area contributed by atoms with Gasteiger partial charge >= 0.3 is 0 Å². The summed E-state index contributed by atoms with van der Waals surface area (Å²) in [4.78, 5) is 27.5. The Morgan fingerprint density at radius 3 is 2.66 bits per heavy atom. The Morgan fingerprint density at radius 2 is 1.91 bits per heavy atom. The minimum absolute atomic E-state index is 0.0551. The molecule has 4 rings (SSSR count).